The van der Waals surface area contributed by atoms with Crippen molar-refractivity contribution in [3.05, 3.63) is 94.7 Å². The minimum atomic E-state index is -0.0181. The summed E-state index contributed by atoms with van der Waals surface area (Å²) in [6, 6.07) is 17.3. The van der Waals surface area contributed by atoms with Gasteiger partial charge < -0.3 is 10.6 Å². The lowest BCUT2D eigenvalue weighted by molar-refractivity contribution is 0.103. The third-order valence-corrected chi connectivity index (χ3v) is 5.40. The first-order valence-corrected chi connectivity index (χ1v) is 9.57. The third-order valence-electron chi connectivity index (χ3n) is 5.40. The molecule has 0 radical (unpaired) electrons. The Morgan fingerprint density at radius 2 is 1.69 bits per heavy atom. The van der Waals surface area contributed by atoms with Gasteiger partial charge in [0.2, 0.25) is 0 Å². The van der Waals surface area contributed by atoms with Crippen molar-refractivity contribution < 1.29 is 4.79 Å². The zero-order valence-corrected chi connectivity index (χ0v) is 16.8. The van der Waals surface area contributed by atoms with Gasteiger partial charge in [-0.15, -0.1) is 0 Å². The molecule has 1 aliphatic heterocycles. The van der Waals surface area contributed by atoms with Crippen molar-refractivity contribution in [2.45, 2.75) is 20.8 Å². The molecule has 0 aromatic heterocycles. The Bertz CT molecular complexity index is 1170. The van der Waals surface area contributed by atoms with Gasteiger partial charge in [0.05, 0.1) is 22.7 Å². The van der Waals surface area contributed by atoms with E-state index in [9.17, 15) is 4.79 Å². The number of carbonyl (C=O) groups is 1. The summed E-state index contributed by atoms with van der Waals surface area (Å²) >= 11 is 0. The average molecular weight is 381 g/mol. The normalized spacial score (nSPS) is 12.6. The molecular formula is C25H23N3O. The zero-order chi connectivity index (χ0) is 20.5. The number of aryl methyl sites for hydroxylation is 2. The molecule has 0 bridgehead atoms. The Morgan fingerprint density at radius 1 is 0.931 bits per heavy atom. The predicted octanol–water partition coefficient (Wildman–Crippen LogP) is 5.79. The number of nitrogen functional groups attached to an aromatic ring is 1. The number of anilines is 3. The van der Waals surface area contributed by atoms with Gasteiger partial charge in [0, 0.05) is 23.5 Å². The van der Waals surface area contributed by atoms with E-state index in [4.69, 9.17) is 5.73 Å². The first-order chi connectivity index (χ1) is 14.0. The molecule has 0 atom stereocenters. The van der Waals surface area contributed by atoms with Crippen molar-refractivity contribution >= 4 is 34.7 Å². The molecule has 0 fully saturated rings. The highest BCUT2D eigenvalue weighted by Crippen LogP contribution is 2.40. The standard InChI is InChI=1S/C25H23N3O/c1-16-7-4-9-20(18(16)3)25(29)19-11-12-22(21(26)15-19)28-14-6-13-27-24-17(2)8-5-10-23(24)28/h4-15H,26H2,1-3H3. The highest BCUT2D eigenvalue weighted by Gasteiger charge is 2.19. The molecule has 0 saturated heterocycles. The molecule has 1 aliphatic rings. The number of rotatable bonds is 3. The lowest BCUT2D eigenvalue weighted by Gasteiger charge is -2.24. The van der Waals surface area contributed by atoms with E-state index in [2.05, 4.69) is 4.99 Å². The lowest BCUT2D eigenvalue weighted by Crippen LogP contribution is -2.12. The second-order valence-corrected chi connectivity index (χ2v) is 7.28. The highest BCUT2D eigenvalue weighted by molar-refractivity contribution is 6.11. The quantitative estimate of drug-likeness (QED) is 0.461. The van der Waals surface area contributed by atoms with Crippen LogP contribution in [0.3, 0.4) is 0 Å². The Balaban J connectivity index is 1.75. The summed E-state index contributed by atoms with van der Waals surface area (Å²) in [4.78, 5) is 19.6. The number of allylic oxidation sites excluding steroid dienone is 1. The third kappa shape index (κ3) is 3.34. The van der Waals surface area contributed by atoms with E-state index in [-0.39, 0.29) is 5.78 Å². The molecule has 3 aromatic carbocycles. The Labute approximate surface area is 171 Å². The minimum absolute atomic E-state index is 0.0181. The molecule has 3 aromatic rings. The Kier molecular flexibility index (Phi) is 4.77. The lowest BCUT2D eigenvalue weighted by atomic mass is 9.95. The molecule has 144 valence electrons. The molecule has 0 amide bonds. The van der Waals surface area contributed by atoms with E-state index in [1.807, 2.05) is 86.5 Å². The number of carbonyl (C=O) groups excluding carboxylic acids is 1. The SMILES string of the molecule is Cc1cccc(C(=O)c2ccc(N3C=CC=Nc4c(C)cccc43)c(N)c2)c1C. The van der Waals surface area contributed by atoms with Crippen molar-refractivity contribution in [1.29, 1.82) is 0 Å². The van der Waals surface area contributed by atoms with Crippen molar-refractivity contribution in [3.8, 4) is 0 Å². The summed E-state index contributed by atoms with van der Waals surface area (Å²) in [6.45, 7) is 6.02. The fourth-order valence-electron chi connectivity index (χ4n) is 3.61. The number of aliphatic imine (C=N–C) groups is 1. The molecular weight excluding hydrogens is 358 g/mol. The summed E-state index contributed by atoms with van der Waals surface area (Å²) in [5.74, 6) is -0.0181. The monoisotopic (exact) mass is 381 g/mol. The van der Waals surface area contributed by atoms with Crippen LogP contribution in [0.2, 0.25) is 0 Å². The van der Waals surface area contributed by atoms with E-state index in [0.29, 0.717) is 16.8 Å². The van der Waals surface area contributed by atoms with Gasteiger partial charge in [-0.05, 0) is 67.8 Å². The van der Waals surface area contributed by atoms with Crippen molar-refractivity contribution in [2.75, 3.05) is 10.6 Å². The van der Waals surface area contributed by atoms with Gasteiger partial charge in [0.1, 0.15) is 0 Å². The van der Waals surface area contributed by atoms with Crippen LogP contribution in [0.5, 0.6) is 0 Å². The summed E-state index contributed by atoms with van der Waals surface area (Å²) < 4.78 is 0. The summed E-state index contributed by atoms with van der Waals surface area (Å²) in [5, 5.41) is 0. The number of hydrogen-bond acceptors (Lipinski definition) is 4. The topological polar surface area (TPSA) is 58.7 Å². The molecule has 29 heavy (non-hydrogen) atoms. The Morgan fingerprint density at radius 3 is 2.48 bits per heavy atom. The summed E-state index contributed by atoms with van der Waals surface area (Å²) in [7, 11) is 0. The molecule has 4 nitrogen and oxygen atoms in total. The van der Waals surface area contributed by atoms with Crippen LogP contribution in [0.1, 0.15) is 32.6 Å². The number of nitrogens with zero attached hydrogens (tertiary/aromatic N) is 2. The molecule has 0 spiro atoms. The van der Waals surface area contributed by atoms with Gasteiger partial charge in [-0.3, -0.25) is 9.79 Å². The highest BCUT2D eigenvalue weighted by atomic mass is 16.1. The van der Waals surface area contributed by atoms with E-state index in [1.165, 1.54) is 0 Å². The Hall–Kier alpha value is -3.66. The van der Waals surface area contributed by atoms with Crippen LogP contribution in [-0.2, 0) is 0 Å². The predicted molar refractivity (Wildman–Crippen MR) is 121 cm³/mol. The second-order valence-electron chi connectivity index (χ2n) is 7.28. The number of benzene rings is 3. The average Bonchev–Trinajstić information content (AvgIpc) is 2.93. The number of nitrogens with two attached hydrogens (primary N) is 1. The molecule has 1 heterocycles. The number of fused-ring (bicyclic) bond motifs is 1. The van der Waals surface area contributed by atoms with Crippen LogP contribution in [0, 0.1) is 20.8 Å². The van der Waals surface area contributed by atoms with Crippen LogP contribution in [-0.4, -0.2) is 12.0 Å². The van der Waals surface area contributed by atoms with E-state index >= 15 is 0 Å². The molecule has 0 aliphatic carbocycles. The van der Waals surface area contributed by atoms with E-state index in [0.717, 1.165) is 33.8 Å². The molecule has 4 heteroatoms. The van der Waals surface area contributed by atoms with Crippen LogP contribution < -0.4 is 10.6 Å². The van der Waals surface area contributed by atoms with Crippen LogP contribution in [0.4, 0.5) is 22.7 Å². The van der Waals surface area contributed by atoms with Gasteiger partial charge >= 0.3 is 0 Å². The van der Waals surface area contributed by atoms with Crippen molar-refractivity contribution in [3.63, 3.8) is 0 Å². The number of ketones is 1. The first-order valence-electron chi connectivity index (χ1n) is 9.57. The number of para-hydroxylation sites is 1. The maximum Gasteiger partial charge on any atom is 0.193 e. The van der Waals surface area contributed by atoms with Gasteiger partial charge in [-0.25, -0.2) is 0 Å². The van der Waals surface area contributed by atoms with Crippen LogP contribution >= 0.6 is 0 Å². The van der Waals surface area contributed by atoms with E-state index < -0.39 is 0 Å². The van der Waals surface area contributed by atoms with Gasteiger partial charge in [-0.2, -0.15) is 0 Å². The molecule has 4 rings (SSSR count). The molecule has 2 N–H and O–H groups in total. The van der Waals surface area contributed by atoms with Gasteiger partial charge in [0.25, 0.3) is 0 Å². The summed E-state index contributed by atoms with van der Waals surface area (Å²) in [6.07, 6.45) is 5.60. The van der Waals surface area contributed by atoms with Crippen molar-refractivity contribution in [2.24, 2.45) is 4.99 Å². The van der Waals surface area contributed by atoms with E-state index in [1.54, 1.807) is 12.3 Å². The van der Waals surface area contributed by atoms with Crippen LogP contribution in [0.15, 0.2) is 71.9 Å². The zero-order valence-electron chi connectivity index (χ0n) is 16.8. The summed E-state index contributed by atoms with van der Waals surface area (Å²) in [5.41, 5.74) is 14.1. The smallest absolute Gasteiger partial charge is 0.193 e. The van der Waals surface area contributed by atoms with Crippen molar-refractivity contribution in [1.82, 2.24) is 0 Å². The maximum atomic E-state index is 13.1. The molecule has 0 unspecified atom stereocenters. The van der Waals surface area contributed by atoms with Crippen LogP contribution in [0.25, 0.3) is 0 Å². The minimum Gasteiger partial charge on any atom is -0.397 e. The molecule has 0 saturated carbocycles. The fourth-order valence-corrected chi connectivity index (χ4v) is 3.61. The fraction of sp³-hybridized carbons (Fsp3) is 0.120. The largest absolute Gasteiger partial charge is 0.397 e. The first kappa shape index (κ1) is 18.7. The van der Waals surface area contributed by atoms with Gasteiger partial charge in [-0.1, -0.05) is 30.3 Å². The van der Waals surface area contributed by atoms with Gasteiger partial charge in [0.15, 0.2) is 5.78 Å². The number of hydrogen-bond donors (Lipinski definition) is 1. The maximum absolute atomic E-state index is 13.1. The second kappa shape index (κ2) is 7.40.